The molecular formula is C23H17FN2O3. The van der Waals surface area contributed by atoms with Crippen molar-refractivity contribution in [2.75, 3.05) is 5.32 Å². The second-order valence-corrected chi connectivity index (χ2v) is 6.27. The van der Waals surface area contributed by atoms with Gasteiger partial charge in [0.05, 0.1) is 5.56 Å². The molecule has 3 aromatic rings. The molecule has 0 atom stereocenters. The number of nitrogens with two attached hydrogens (primary N) is 1. The molecule has 0 bridgehead atoms. The first-order valence-electron chi connectivity index (χ1n) is 8.63. The molecule has 0 aliphatic rings. The Bertz CT molecular complexity index is 1150. The zero-order valence-corrected chi connectivity index (χ0v) is 15.5. The van der Waals surface area contributed by atoms with Crippen LogP contribution in [-0.4, -0.2) is 11.8 Å². The Kier molecular flexibility index (Phi) is 5.61. The maximum atomic E-state index is 13.4. The van der Waals surface area contributed by atoms with E-state index >= 15 is 0 Å². The number of rotatable bonds is 5. The lowest BCUT2D eigenvalue weighted by Crippen LogP contribution is -2.15. The Morgan fingerprint density at radius 3 is 2.55 bits per heavy atom. The van der Waals surface area contributed by atoms with Crippen LogP contribution in [0.4, 0.5) is 10.1 Å². The minimum Gasteiger partial charge on any atom is -0.456 e. The first kappa shape index (κ1) is 19.6. The second-order valence-electron chi connectivity index (χ2n) is 6.27. The summed E-state index contributed by atoms with van der Waals surface area (Å²) in [5.74, 6) is 1.65. The van der Waals surface area contributed by atoms with Crippen molar-refractivity contribution in [2.24, 2.45) is 5.73 Å². The molecule has 3 aromatic carbocycles. The summed E-state index contributed by atoms with van der Waals surface area (Å²) in [5.41, 5.74) is 7.25. The van der Waals surface area contributed by atoms with Gasteiger partial charge in [0.1, 0.15) is 17.3 Å². The lowest BCUT2D eigenvalue weighted by molar-refractivity contribution is 0.0995. The minimum absolute atomic E-state index is 0.220. The summed E-state index contributed by atoms with van der Waals surface area (Å²) in [4.78, 5) is 24.2. The summed E-state index contributed by atoms with van der Waals surface area (Å²) in [5, 5.41) is 2.70. The first-order valence-corrected chi connectivity index (χ1v) is 8.63. The molecule has 0 saturated carbocycles. The van der Waals surface area contributed by atoms with E-state index in [1.54, 1.807) is 37.3 Å². The van der Waals surface area contributed by atoms with Crippen LogP contribution in [0.15, 0.2) is 60.7 Å². The van der Waals surface area contributed by atoms with Gasteiger partial charge in [-0.15, -0.1) is 6.42 Å². The van der Waals surface area contributed by atoms with Gasteiger partial charge in [0.2, 0.25) is 5.91 Å². The summed E-state index contributed by atoms with van der Waals surface area (Å²) < 4.78 is 19.2. The molecule has 0 fully saturated rings. The molecule has 2 amide bonds. The number of carbonyl (C=O) groups is 2. The molecule has 6 heteroatoms. The molecule has 0 saturated heterocycles. The fraction of sp³-hybridized carbons (Fsp3) is 0.0435. The van der Waals surface area contributed by atoms with Crippen LogP contribution in [0.3, 0.4) is 0 Å². The normalized spacial score (nSPS) is 10.1. The van der Waals surface area contributed by atoms with Crippen molar-refractivity contribution in [3.63, 3.8) is 0 Å². The van der Waals surface area contributed by atoms with Crippen molar-refractivity contribution in [3.8, 4) is 23.8 Å². The third kappa shape index (κ3) is 4.60. The fourth-order valence-corrected chi connectivity index (χ4v) is 2.68. The van der Waals surface area contributed by atoms with Crippen molar-refractivity contribution in [1.82, 2.24) is 0 Å². The Labute approximate surface area is 167 Å². The average Bonchev–Trinajstić information content (AvgIpc) is 2.70. The average molecular weight is 388 g/mol. The molecule has 0 heterocycles. The van der Waals surface area contributed by atoms with Crippen LogP contribution in [0.5, 0.6) is 11.5 Å². The summed E-state index contributed by atoms with van der Waals surface area (Å²) in [7, 11) is 0. The van der Waals surface area contributed by atoms with Crippen LogP contribution in [0.25, 0.3) is 0 Å². The van der Waals surface area contributed by atoms with Gasteiger partial charge in [0.25, 0.3) is 5.91 Å². The molecule has 3 rings (SSSR count). The number of halogens is 1. The summed E-state index contributed by atoms with van der Waals surface area (Å²) in [6.07, 6.45) is 5.46. The van der Waals surface area contributed by atoms with Gasteiger partial charge in [-0.25, -0.2) is 4.39 Å². The quantitative estimate of drug-likeness (QED) is 0.641. The topological polar surface area (TPSA) is 81.4 Å². The van der Waals surface area contributed by atoms with E-state index < -0.39 is 11.8 Å². The van der Waals surface area contributed by atoms with Gasteiger partial charge in [0.15, 0.2) is 0 Å². The Hall–Kier alpha value is -4.11. The molecule has 0 aliphatic heterocycles. The van der Waals surface area contributed by atoms with Gasteiger partial charge in [-0.2, -0.15) is 0 Å². The van der Waals surface area contributed by atoms with Gasteiger partial charge >= 0.3 is 0 Å². The molecule has 144 valence electrons. The second kappa shape index (κ2) is 8.28. The molecule has 0 unspecified atom stereocenters. The molecule has 0 aromatic heterocycles. The van der Waals surface area contributed by atoms with Gasteiger partial charge in [0, 0.05) is 16.8 Å². The highest BCUT2D eigenvalue weighted by Crippen LogP contribution is 2.30. The smallest absolute Gasteiger partial charge is 0.259 e. The standard InChI is InChI=1S/C23H17FN2O3/c1-3-15-7-9-19(21(12-15)29-20-10-8-17(24)11-14(20)2)23(28)26-18-6-4-5-16(13-18)22(25)27/h1,4-13H,2H3,(H2,25,27)(H,26,28). The molecule has 29 heavy (non-hydrogen) atoms. The van der Waals surface area contributed by atoms with E-state index in [1.807, 2.05) is 0 Å². The number of hydrogen-bond acceptors (Lipinski definition) is 3. The van der Waals surface area contributed by atoms with E-state index in [1.165, 1.54) is 30.3 Å². The van der Waals surface area contributed by atoms with Crippen molar-refractivity contribution >= 4 is 17.5 Å². The van der Waals surface area contributed by atoms with Gasteiger partial charge in [-0.05, 0) is 67.1 Å². The zero-order valence-electron chi connectivity index (χ0n) is 15.5. The lowest BCUT2D eigenvalue weighted by Gasteiger charge is -2.14. The summed E-state index contributed by atoms with van der Waals surface area (Å²) >= 11 is 0. The Morgan fingerprint density at radius 1 is 1.07 bits per heavy atom. The third-order valence-electron chi connectivity index (χ3n) is 4.15. The van der Waals surface area contributed by atoms with Crippen LogP contribution in [-0.2, 0) is 0 Å². The third-order valence-corrected chi connectivity index (χ3v) is 4.15. The highest BCUT2D eigenvalue weighted by Gasteiger charge is 2.16. The number of hydrogen-bond donors (Lipinski definition) is 2. The summed E-state index contributed by atoms with van der Waals surface area (Å²) in [6, 6.07) is 15.0. The number of terminal acetylenes is 1. The number of benzene rings is 3. The SMILES string of the molecule is C#Cc1ccc(C(=O)Nc2cccc(C(N)=O)c2)c(Oc2ccc(F)cc2C)c1. The van der Waals surface area contributed by atoms with Crippen LogP contribution in [0.2, 0.25) is 0 Å². The number of anilines is 1. The van der Waals surface area contributed by atoms with Crippen LogP contribution >= 0.6 is 0 Å². The monoisotopic (exact) mass is 388 g/mol. The van der Waals surface area contributed by atoms with Crippen molar-refractivity contribution in [3.05, 3.63) is 88.7 Å². The lowest BCUT2D eigenvalue weighted by atomic mass is 10.1. The van der Waals surface area contributed by atoms with Crippen LogP contribution in [0, 0.1) is 25.1 Å². The number of carbonyl (C=O) groups excluding carboxylic acids is 2. The van der Waals surface area contributed by atoms with Gasteiger partial charge in [-0.1, -0.05) is 12.0 Å². The Balaban J connectivity index is 1.94. The maximum absolute atomic E-state index is 13.4. The predicted octanol–water partition coefficient (Wildman–Crippen LogP) is 4.26. The molecule has 5 nitrogen and oxygen atoms in total. The van der Waals surface area contributed by atoms with E-state index in [2.05, 4.69) is 11.2 Å². The molecular weight excluding hydrogens is 371 g/mol. The van der Waals surface area contributed by atoms with Crippen molar-refractivity contribution in [1.29, 1.82) is 0 Å². The van der Waals surface area contributed by atoms with Crippen LogP contribution in [0.1, 0.15) is 31.8 Å². The van der Waals surface area contributed by atoms with Crippen molar-refractivity contribution < 1.29 is 18.7 Å². The first-order chi connectivity index (χ1) is 13.9. The summed E-state index contributed by atoms with van der Waals surface area (Å²) in [6.45, 7) is 1.69. The van der Waals surface area contributed by atoms with E-state index in [4.69, 9.17) is 16.9 Å². The van der Waals surface area contributed by atoms with E-state index in [9.17, 15) is 14.0 Å². The number of aryl methyl sites for hydroxylation is 1. The highest BCUT2D eigenvalue weighted by molar-refractivity contribution is 6.07. The van der Waals surface area contributed by atoms with E-state index in [-0.39, 0.29) is 22.7 Å². The maximum Gasteiger partial charge on any atom is 0.259 e. The molecule has 0 spiro atoms. The fourth-order valence-electron chi connectivity index (χ4n) is 2.68. The van der Waals surface area contributed by atoms with E-state index in [0.717, 1.165) is 0 Å². The highest BCUT2D eigenvalue weighted by atomic mass is 19.1. The zero-order chi connectivity index (χ0) is 21.0. The van der Waals surface area contributed by atoms with Crippen LogP contribution < -0.4 is 15.8 Å². The van der Waals surface area contributed by atoms with Gasteiger partial charge < -0.3 is 15.8 Å². The van der Waals surface area contributed by atoms with E-state index in [0.29, 0.717) is 22.6 Å². The molecule has 3 N–H and O–H groups in total. The van der Waals surface area contributed by atoms with Gasteiger partial charge in [-0.3, -0.25) is 9.59 Å². The minimum atomic E-state index is -0.602. The number of primary amides is 1. The molecule has 0 aliphatic carbocycles. The largest absolute Gasteiger partial charge is 0.456 e. The number of amides is 2. The number of ether oxygens (including phenoxy) is 1. The Morgan fingerprint density at radius 2 is 1.86 bits per heavy atom. The predicted molar refractivity (Wildman–Crippen MR) is 109 cm³/mol. The van der Waals surface area contributed by atoms with Crippen molar-refractivity contribution in [2.45, 2.75) is 6.92 Å². The number of nitrogens with one attached hydrogen (secondary N) is 1. The molecule has 0 radical (unpaired) electrons.